The number of aliphatic hydroxyl groups excluding tert-OH is 1. The lowest BCUT2D eigenvalue weighted by Crippen LogP contribution is -2.26. The van der Waals surface area contributed by atoms with Crippen molar-refractivity contribution in [3.63, 3.8) is 0 Å². The highest BCUT2D eigenvalue weighted by atomic mass is 16.3. The second kappa shape index (κ2) is 6.92. The Hall–Kier alpha value is -1.46. The number of nitrogens with zero attached hydrogens (tertiary/aromatic N) is 1. The van der Waals surface area contributed by atoms with Crippen LogP contribution in [0.2, 0.25) is 0 Å². The zero-order chi connectivity index (χ0) is 10.9. The van der Waals surface area contributed by atoms with Crippen LogP contribution in [0.1, 0.15) is 13.3 Å². The summed E-state index contributed by atoms with van der Waals surface area (Å²) in [6, 6.07) is 10.0. The van der Waals surface area contributed by atoms with E-state index in [0.717, 1.165) is 12.1 Å². The summed E-state index contributed by atoms with van der Waals surface area (Å²) in [5, 5.41) is 8.96. The Morgan fingerprint density at radius 2 is 1.93 bits per heavy atom. The predicted octanol–water partition coefficient (Wildman–Crippen LogP) is 1.90. The second-order valence-electron chi connectivity index (χ2n) is 3.19. The van der Waals surface area contributed by atoms with Crippen molar-refractivity contribution in [1.29, 1.82) is 0 Å². The molecule has 0 amide bonds. The van der Waals surface area contributed by atoms with E-state index >= 15 is 0 Å². The maximum atomic E-state index is 8.96. The Balaban J connectivity index is 2.65. The van der Waals surface area contributed by atoms with Gasteiger partial charge < -0.3 is 10.0 Å². The van der Waals surface area contributed by atoms with Gasteiger partial charge in [0.15, 0.2) is 0 Å². The van der Waals surface area contributed by atoms with Gasteiger partial charge in [-0.15, -0.1) is 5.92 Å². The first kappa shape index (κ1) is 11.6. The molecule has 1 aromatic rings. The van der Waals surface area contributed by atoms with Crippen molar-refractivity contribution >= 4 is 5.69 Å². The van der Waals surface area contributed by atoms with Crippen molar-refractivity contribution in [3.8, 4) is 11.8 Å². The Kier molecular flexibility index (Phi) is 5.35. The van der Waals surface area contributed by atoms with Crippen molar-refractivity contribution in [2.45, 2.75) is 13.3 Å². The zero-order valence-electron chi connectivity index (χ0n) is 9.11. The fourth-order valence-electron chi connectivity index (χ4n) is 1.34. The second-order valence-corrected chi connectivity index (χ2v) is 3.19. The van der Waals surface area contributed by atoms with E-state index in [1.807, 2.05) is 37.3 Å². The highest BCUT2D eigenvalue weighted by Gasteiger charge is 2.02. The van der Waals surface area contributed by atoms with Gasteiger partial charge in [0.1, 0.15) is 0 Å². The normalized spacial score (nSPS) is 9.20. The summed E-state index contributed by atoms with van der Waals surface area (Å²) in [5.41, 5.74) is 1.11. The van der Waals surface area contributed by atoms with Crippen LogP contribution in [0, 0.1) is 11.8 Å². The molecule has 1 aromatic carbocycles. The Morgan fingerprint density at radius 1 is 1.20 bits per heavy atom. The maximum absolute atomic E-state index is 8.96. The van der Waals surface area contributed by atoms with Gasteiger partial charge in [-0.2, -0.15) is 0 Å². The van der Waals surface area contributed by atoms with Crippen LogP contribution in [0.15, 0.2) is 30.3 Å². The molecule has 0 fully saturated rings. The topological polar surface area (TPSA) is 23.5 Å². The number of hydrogen-bond donors (Lipinski definition) is 1. The number of hydrogen-bond acceptors (Lipinski definition) is 2. The van der Waals surface area contributed by atoms with E-state index < -0.39 is 0 Å². The Morgan fingerprint density at radius 3 is 2.53 bits per heavy atom. The van der Waals surface area contributed by atoms with Gasteiger partial charge in [-0.05, 0) is 12.1 Å². The fraction of sp³-hybridized carbons (Fsp3) is 0.385. The van der Waals surface area contributed by atoms with E-state index in [2.05, 4.69) is 16.7 Å². The van der Waals surface area contributed by atoms with Gasteiger partial charge >= 0.3 is 0 Å². The van der Waals surface area contributed by atoms with Crippen LogP contribution < -0.4 is 4.90 Å². The molecule has 0 aliphatic heterocycles. The smallest absolute Gasteiger partial charge is 0.0795 e. The largest absolute Gasteiger partial charge is 0.395 e. The van der Waals surface area contributed by atoms with Crippen LogP contribution in [0.25, 0.3) is 0 Å². The first-order valence-electron chi connectivity index (χ1n) is 5.25. The third kappa shape index (κ3) is 4.05. The lowest BCUT2D eigenvalue weighted by atomic mass is 10.3. The monoisotopic (exact) mass is 203 g/mol. The molecule has 15 heavy (non-hydrogen) atoms. The number of rotatable bonds is 4. The van der Waals surface area contributed by atoms with E-state index in [1.54, 1.807) is 0 Å². The lowest BCUT2D eigenvalue weighted by molar-refractivity contribution is 0.303. The summed E-state index contributed by atoms with van der Waals surface area (Å²) >= 11 is 0. The van der Waals surface area contributed by atoms with E-state index in [0.29, 0.717) is 13.1 Å². The van der Waals surface area contributed by atoms with Crippen molar-refractivity contribution in [2.75, 3.05) is 24.6 Å². The molecule has 2 heteroatoms. The first-order chi connectivity index (χ1) is 7.38. The van der Waals surface area contributed by atoms with Crippen LogP contribution in [-0.2, 0) is 0 Å². The van der Waals surface area contributed by atoms with Gasteiger partial charge in [-0.25, -0.2) is 0 Å². The number of benzene rings is 1. The molecule has 1 rings (SSSR count). The van der Waals surface area contributed by atoms with Crippen molar-refractivity contribution in [1.82, 2.24) is 0 Å². The minimum atomic E-state index is 0.155. The number of aliphatic hydroxyl groups is 1. The van der Waals surface area contributed by atoms with Gasteiger partial charge in [0.2, 0.25) is 0 Å². The quantitative estimate of drug-likeness (QED) is 0.755. The van der Waals surface area contributed by atoms with E-state index in [1.165, 1.54) is 0 Å². The van der Waals surface area contributed by atoms with Crippen molar-refractivity contribution in [3.05, 3.63) is 30.3 Å². The summed E-state index contributed by atoms with van der Waals surface area (Å²) in [6.45, 7) is 3.50. The standard InChI is InChI=1S/C13H17NO/c1-2-3-7-10-14(11-12-15)13-8-5-4-6-9-13/h4-6,8-9,15H,2,10-12H2,1H3. The molecule has 80 valence electrons. The van der Waals surface area contributed by atoms with Crippen LogP contribution in [-0.4, -0.2) is 24.8 Å². The highest BCUT2D eigenvalue weighted by molar-refractivity contribution is 5.47. The van der Waals surface area contributed by atoms with Gasteiger partial charge in [-0.3, -0.25) is 0 Å². The van der Waals surface area contributed by atoms with Crippen LogP contribution >= 0.6 is 0 Å². The van der Waals surface area contributed by atoms with Gasteiger partial charge in [0, 0.05) is 18.7 Å². The van der Waals surface area contributed by atoms with Crippen LogP contribution in [0.5, 0.6) is 0 Å². The van der Waals surface area contributed by atoms with E-state index in [4.69, 9.17) is 5.11 Å². The van der Waals surface area contributed by atoms with Crippen LogP contribution in [0.4, 0.5) is 5.69 Å². The molecule has 0 unspecified atom stereocenters. The minimum Gasteiger partial charge on any atom is -0.395 e. The molecule has 0 spiro atoms. The average Bonchev–Trinajstić information content (AvgIpc) is 2.29. The molecule has 1 N–H and O–H groups in total. The molecule has 0 aromatic heterocycles. The predicted molar refractivity (Wildman–Crippen MR) is 63.8 cm³/mol. The summed E-state index contributed by atoms with van der Waals surface area (Å²) in [6.07, 6.45) is 0.877. The first-order valence-corrected chi connectivity index (χ1v) is 5.25. The van der Waals surface area contributed by atoms with Crippen molar-refractivity contribution in [2.24, 2.45) is 0 Å². The minimum absolute atomic E-state index is 0.155. The van der Waals surface area contributed by atoms with Crippen LogP contribution in [0.3, 0.4) is 0 Å². The molecule has 0 heterocycles. The maximum Gasteiger partial charge on any atom is 0.0795 e. The molecular formula is C13H17NO. The highest BCUT2D eigenvalue weighted by Crippen LogP contribution is 2.11. The molecule has 0 saturated heterocycles. The number of para-hydroxylation sites is 1. The third-order valence-electron chi connectivity index (χ3n) is 2.06. The molecule has 0 radical (unpaired) electrons. The van der Waals surface area contributed by atoms with Gasteiger partial charge in [-0.1, -0.05) is 31.0 Å². The SMILES string of the molecule is CCC#CCN(CCO)c1ccccc1. The molecule has 0 bridgehead atoms. The molecular weight excluding hydrogens is 186 g/mol. The summed E-state index contributed by atoms with van der Waals surface area (Å²) in [5.74, 6) is 6.12. The zero-order valence-corrected chi connectivity index (χ0v) is 9.11. The molecule has 0 aliphatic rings. The summed E-state index contributed by atoms with van der Waals surface area (Å²) < 4.78 is 0. The fourth-order valence-corrected chi connectivity index (χ4v) is 1.34. The van der Waals surface area contributed by atoms with Gasteiger partial charge in [0.05, 0.1) is 13.2 Å². The molecule has 0 aliphatic carbocycles. The summed E-state index contributed by atoms with van der Waals surface area (Å²) in [4.78, 5) is 2.07. The lowest BCUT2D eigenvalue weighted by Gasteiger charge is -2.20. The average molecular weight is 203 g/mol. The molecule has 0 saturated carbocycles. The summed E-state index contributed by atoms with van der Waals surface area (Å²) in [7, 11) is 0. The van der Waals surface area contributed by atoms with Gasteiger partial charge in [0.25, 0.3) is 0 Å². The van der Waals surface area contributed by atoms with E-state index in [-0.39, 0.29) is 6.61 Å². The Labute approximate surface area is 91.5 Å². The van der Waals surface area contributed by atoms with E-state index in [9.17, 15) is 0 Å². The number of anilines is 1. The van der Waals surface area contributed by atoms with Crippen molar-refractivity contribution < 1.29 is 5.11 Å². The third-order valence-corrected chi connectivity index (χ3v) is 2.06. The molecule has 0 atom stereocenters. The molecule has 2 nitrogen and oxygen atoms in total. The Bertz CT molecular complexity index is 323.